The molecule has 2 heterocycles. The lowest BCUT2D eigenvalue weighted by molar-refractivity contribution is 0.174. The summed E-state index contributed by atoms with van der Waals surface area (Å²) < 4.78 is 0. The predicted molar refractivity (Wildman–Crippen MR) is 80.4 cm³/mol. The van der Waals surface area contributed by atoms with E-state index in [-0.39, 0.29) is 0 Å². The van der Waals surface area contributed by atoms with E-state index in [9.17, 15) is 0 Å². The van der Waals surface area contributed by atoms with E-state index >= 15 is 0 Å². The van der Waals surface area contributed by atoms with Crippen molar-refractivity contribution in [2.24, 2.45) is 0 Å². The van der Waals surface area contributed by atoms with Gasteiger partial charge in [0.1, 0.15) is 0 Å². The number of nitrogens with zero attached hydrogens (tertiary/aromatic N) is 1. The normalized spacial score (nSPS) is 23.1. The highest BCUT2D eigenvalue weighted by atomic mass is 32.1. The number of nitrogens with one attached hydrogen (secondary N) is 1. The van der Waals surface area contributed by atoms with Crippen LogP contribution in [0.25, 0.3) is 0 Å². The maximum Gasteiger partial charge on any atom is 0.0104 e. The van der Waals surface area contributed by atoms with Gasteiger partial charge >= 0.3 is 0 Å². The van der Waals surface area contributed by atoms with Crippen LogP contribution in [0, 0.1) is 0 Å². The number of hydrogen-bond acceptors (Lipinski definition) is 3. The van der Waals surface area contributed by atoms with Crippen molar-refractivity contribution in [2.45, 2.75) is 51.1 Å². The molecule has 0 saturated carbocycles. The molecule has 1 fully saturated rings. The lowest BCUT2D eigenvalue weighted by atomic mass is 10.00. The molecule has 0 aromatic carbocycles. The highest BCUT2D eigenvalue weighted by molar-refractivity contribution is 7.07. The van der Waals surface area contributed by atoms with Crippen molar-refractivity contribution in [1.29, 1.82) is 0 Å². The molecule has 2 rings (SSSR count). The van der Waals surface area contributed by atoms with Crippen molar-refractivity contribution in [3.63, 3.8) is 0 Å². The van der Waals surface area contributed by atoms with Gasteiger partial charge in [-0.2, -0.15) is 11.3 Å². The van der Waals surface area contributed by atoms with Gasteiger partial charge in [-0.3, -0.25) is 0 Å². The maximum absolute atomic E-state index is 3.67. The summed E-state index contributed by atoms with van der Waals surface area (Å²) in [6.45, 7) is 4.73. The van der Waals surface area contributed by atoms with Crippen molar-refractivity contribution >= 4 is 11.3 Å². The molecule has 0 aliphatic carbocycles. The SMILES string of the molecule is CC(Cc1ccsc1)NCCC1CCCCN1C. The van der Waals surface area contributed by atoms with Gasteiger partial charge in [-0.25, -0.2) is 0 Å². The van der Waals surface area contributed by atoms with Crippen molar-refractivity contribution in [2.75, 3.05) is 20.1 Å². The molecular formula is C15H26N2S. The first kappa shape index (κ1) is 14.0. The third-order valence-corrected chi connectivity index (χ3v) is 4.75. The number of piperidine rings is 1. The second-order valence-corrected chi connectivity index (χ2v) is 6.39. The van der Waals surface area contributed by atoms with Crippen LogP contribution in [0.2, 0.25) is 0 Å². The summed E-state index contributed by atoms with van der Waals surface area (Å²) in [5.41, 5.74) is 1.47. The van der Waals surface area contributed by atoms with Crippen LogP contribution in [-0.4, -0.2) is 37.1 Å². The van der Waals surface area contributed by atoms with Gasteiger partial charge in [-0.05, 0) is 75.1 Å². The van der Waals surface area contributed by atoms with Crippen molar-refractivity contribution < 1.29 is 0 Å². The lowest BCUT2D eigenvalue weighted by Gasteiger charge is -2.32. The quantitative estimate of drug-likeness (QED) is 0.851. The van der Waals surface area contributed by atoms with Crippen LogP contribution in [0.3, 0.4) is 0 Å². The summed E-state index contributed by atoms with van der Waals surface area (Å²) in [5, 5.41) is 8.09. The molecule has 1 aromatic heterocycles. The Balaban J connectivity index is 1.62. The van der Waals surface area contributed by atoms with E-state index in [1.807, 2.05) is 0 Å². The Kier molecular flexibility index (Phi) is 5.67. The molecule has 0 spiro atoms. The van der Waals surface area contributed by atoms with E-state index in [0.717, 1.165) is 19.0 Å². The highest BCUT2D eigenvalue weighted by Crippen LogP contribution is 2.17. The second kappa shape index (κ2) is 7.27. The van der Waals surface area contributed by atoms with E-state index in [0.29, 0.717) is 6.04 Å². The van der Waals surface area contributed by atoms with Crippen molar-refractivity contribution in [1.82, 2.24) is 10.2 Å². The zero-order valence-corrected chi connectivity index (χ0v) is 12.5. The van der Waals surface area contributed by atoms with Gasteiger partial charge in [0.05, 0.1) is 0 Å². The molecule has 1 aliphatic heterocycles. The molecular weight excluding hydrogens is 240 g/mol. The van der Waals surface area contributed by atoms with Gasteiger partial charge in [0, 0.05) is 12.1 Å². The van der Waals surface area contributed by atoms with Gasteiger partial charge in [0.15, 0.2) is 0 Å². The molecule has 1 saturated heterocycles. The van der Waals surface area contributed by atoms with Gasteiger partial charge in [0.25, 0.3) is 0 Å². The molecule has 1 N–H and O–H groups in total. The van der Waals surface area contributed by atoms with Gasteiger partial charge in [0.2, 0.25) is 0 Å². The molecule has 2 nitrogen and oxygen atoms in total. The van der Waals surface area contributed by atoms with Crippen LogP contribution in [0.1, 0.15) is 38.2 Å². The minimum Gasteiger partial charge on any atom is -0.314 e. The van der Waals surface area contributed by atoms with Crippen LogP contribution >= 0.6 is 11.3 Å². The van der Waals surface area contributed by atoms with Crippen LogP contribution in [-0.2, 0) is 6.42 Å². The molecule has 0 bridgehead atoms. The monoisotopic (exact) mass is 266 g/mol. The Bertz CT molecular complexity index is 323. The molecule has 1 aliphatic rings. The zero-order chi connectivity index (χ0) is 12.8. The molecule has 2 atom stereocenters. The standard InChI is InChI=1S/C15H26N2S/c1-13(11-14-7-10-18-12-14)16-8-6-15-5-3-4-9-17(15)2/h7,10,12-13,15-16H,3-6,8-9,11H2,1-2H3. The fraction of sp³-hybridized carbons (Fsp3) is 0.733. The van der Waals surface area contributed by atoms with Crippen molar-refractivity contribution in [3.05, 3.63) is 22.4 Å². The first-order valence-corrected chi connectivity index (χ1v) is 8.14. The third-order valence-electron chi connectivity index (χ3n) is 4.01. The van der Waals surface area contributed by atoms with Gasteiger partial charge in [-0.15, -0.1) is 0 Å². The fourth-order valence-corrected chi connectivity index (χ4v) is 3.52. The maximum atomic E-state index is 3.67. The largest absolute Gasteiger partial charge is 0.314 e. The minimum absolute atomic E-state index is 0.591. The Morgan fingerprint density at radius 1 is 1.50 bits per heavy atom. The van der Waals surface area contributed by atoms with E-state index in [2.05, 4.69) is 41.0 Å². The van der Waals surface area contributed by atoms with E-state index in [1.165, 1.54) is 37.8 Å². The van der Waals surface area contributed by atoms with Crippen LogP contribution in [0.5, 0.6) is 0 Å². The summed E-state index contributed by atoms with van der Waals surface area (Å²) in [7, 11) is 2.28. The number of likely N-dealkylation sites (tertiary alicyclic amines) is 1. The summed E-state index contributed by atoms with van der Waals surface area (Å²) in [6.07, 6.45) is 6.64. The first-order valence-electron chi connectivity index (χ1n) is 7.20. The molecule has 18 heavy (non-hydrogen) atoms. The smallest absolute Gasteiger partial charge is 0.0104 e. The fourth-order valence-electron chi connectivity index (χ4n) is 2.84. The molecule has 102 valence electrons. The summed E-state index contributed by atoms with van der Waals surface area (Å²) in [4.78, 5) is 2.54. The average molecular weight is 266 g/mol. The Hall–Kier alpha value is -0.380. The van der Waals surface area contributed by atoms with E-state index < -0.39 is 0 Å². The van der Waals surface area contributed by atoms with Gasteiger partial charge in [-0.1, -0.05) is 6.42 Å². The van der Waals surface area contributed by atoms with Crippen LogP contribution < -0.4 is 5.32 Å². The molecule has 2 unspecified atom stereocenters. The average Bonchev–Trinajstić information content (AvgIpc) is 2.84. The highest BCUT2D eigenvalue weighted by Gasteiger charge is 2.18. The second-order valence-electron chi connectivity index (χ2n) is 5.61. The number of thiophene rings is 1. The lowest BCUT2D eigenvalue weighted by Crippen LogP contribution is -2.39. The summed E-state index contributed by atoms with van der Waals surface area (Å²) >= 11 is 1.79. The van der Waals surface area contributed by atoms with Crippen molar-refractivity contribution in [3.8, 4) is 0 Å². The van der Waals surface area contributed by atoms with Gasteiger partial charge < -0.3 is 10.2 Å². The zero-order valence-electron chi connectivity index (χ0n) is 11.7. The van der Waals surface area contributed by atoms with Crippen LogP contribution in [0.4, 0.5) is 0 Å². The minimum atomic E-state index is 0.591. The Morgan fingerprint density at radius 3 is 3.11 bits per heavy atom. The first-order chi connectivity index (χ1) is 8.75. The number of hydrogen-bond donors (Lipinski definition) is 1. The molecule has 1 aromatic rings. The molecule has 3 heteroatoms. The van der Waals surface area contributed by atoms with E-state index in [4.69, 9.17) is 0 Å². The number of rotatable bonds is 6. The van der Waals surface area contributed by atoms with Crippen LogP contribution in [0.15, 0.2) is 16.8 Å². The molecule has 0 amide bonds. The Morgan fingerprint density at radius 2 is 2.39 bits per heavy atom. The predicted octanol–water partition coefficient (Wildman–Crippen LogP) is 3.14. The van der Waals surface area contributed by atoms with E-state index in [1.54, 1.807) is 11.3 Å². The summed E-state index contributed by atoms with van der Waals surface area (Å²) in [5.74, 6) is 0. The topological polar surface area (TPSA) is 15.3 Å². The Labute approximate surface area is 115 Å². The third kappa shape index (κ3) is 4.38. The summed E-state index contributed by atoms with van der Waals surface area (Å²) in [6, 6.07) is 3.63. The molecule has 0 radical (unpaired) electrons.